The third-order valence-electron chi connectivity index (χ3n) is 5.29. The number of carbonyl (C=O) groups excluding carboxylic acids is 1. The molecule has 0 atom stereocenters. The minimum atomic E-state index is -0.00553. The monoisotopic (exact) mass is 402 g/mol. The number of amides is 1. The minimum Gasteiger partial charge on any atom is -0.461 e. The number of fused-ring (bicyclic) bond motifs is 1. The second-order valence-electron chi connectivity index (χ2n) is 7.55. The molecule has 0 saturated heterocycles. The van der Waals surface area contributed by atoms with Crippen LogP contribution in [0.15, 0.2) is 65.6 Å². The van der Waals surface area contributed by atoms with Gasteiger partial charge in [0.1, 0.15) is 24.0 Å². The largest absolute Gasteiger partial charge is 0.461 e. The van der Waals surface area contributed by atoms with Crippen molar-refractivity contribution in [3.05, 3.63) is 83.6 Å². The molecule has 0 radical (unpaired) electrons. The molecule has 4 rings (SSSR count). The number of nitrogens with zero attached hydrogens (tertiary/aromatic N) is 4. The van der Waals surface area contributed by atoms with E-state index in [-0.39, 0.29) is 5.91 Å². The molecular weight excluding hydrogens is 376 g/mol. The van der Waals surface area contributed by atoms with Crippen molar-refractivity contribution in [2.75, 3.05) is 7.05 Å². The van der Waals surface area contributed by atoms with Crippen LogP contribution < -0.4 is 0 Å². The lowest BCUT2D eigenvalue weighted by Crippen LogP contribution is -2.26. The quantitative estimate of drug-likeness (QED) is 0.429. The molecule has 154 valence electrons. The van der Waals surface area contributed by atoms with E-state index in [0.29, 0.717) is 18.7 Å². The number of aryl methyl sites for hydroxylation is 1. The summed E-state index contributed by atoms with van der Waals surface area (Å²) in [5.74, 6) is 0.981. The van der Waals surface area contributed by atoms with Gasteiger partial charge in [0.25, 0.3) is 5.91 Å². The fourth-order valence-electron chi connectivity index (χ4n) is 3.65. The van der Waals surface area contributed by atoms with Crippen LogP contribution in [0.25, 0.3) is 11.0 Å². The van der Waals surface area contributed by atoms with E-state index in [1.54, 1.807) is 15.9 Å². The molecule has 1 amide bonds. The number of rotatable bonds is 8. The Hall–Kier alpha value is -3.41. The van der Waals surface area contributed by atoms with Crippen molar-refractivity contribution in [3.63, 3.8) is 0 Å². The molecule has 0 aliphatic rings. The Morgan fingerprint density at radius 3 is 2.67 bits per heavy atom. The van der Waals surface area contributed by atoms with Crippen LogP contribution in [-0.2, 0) is 19.5 Å². The Bertz CT molecular complexity index is 1110. The van der Waals surface area contributed by atoms with Gasteiger partial charge in [-0.2, -0.15) is 5.10 Å². The van der Waals surface area contributed by atoms with Gasteiger partial charge in [0.15, 0.2) is 0 Å². The molecule has 0 N–H and O–H groups in total. The third kappa shape index (κ3) is 4.27. The molecule has 0 saturated carbocycles. The van der Waals surface area contributed by atoms with Crippen LogP contribution in [0.2, 0.25) is 0 Å². The van der Waals surface area contributed by atoms with E-state index in [0.717, 1.165) is 47.1 Å². The van der Waals surface area contributed by atoms with Gasteiger partial charge in [-0.05, 0) is 30.2 Å². The lowest BCUT2D eigenvalue weighted by molar-refractivity contribution is 0.0785. The molecule has 0 fully saturated rings. The van der Waals surface area contributed by atoms with Crippen molar-refractivity contribution < 1.29 is 9.21 Å². The van der Waals surface area contributed by atoms with Crippen LogP contribution in [0.1, 0.15) is 47.0 Å². The predicted octanol–water partition coefficient (Wildman–Crippen LogP) is 4.69. The minimum absolute atomic E-state index is 0.00553. The van der Waals surface area contributed by atoms with Crippen molar-refractivity contribution in [2.45, 2.75) is 39.3 Å². The zero-order valence-corrected chi connectivity index (χ0v) is 17.4. The maximum absolute atomic E-state index is 13.0. The molecular formula is C24H26N4O2. The van der Waals surface area contributed by atoms with Gasteiger partial charge in [0.2, 0.25) is 0 Å². The lowest BCUT2D eigenvalue weighted by atomic mass is 10.1. The van der Waals surface area contributed by atoms with Gasteiger partial charge in [0, 0.05) is 36.5 Å². The molecule has 0 aliphatic heterocycles. The first-order valence-corrected chi connectivity index (χ1v) is 10.3. The van der Waals surface area contributed by atoms with E-state index >= 15 is 0 Å². The van der Waals surface area contributed by atoms with E-state index in [9.17, 15) is 4.79 Å². The molecule has 4 aromatic rings. The highest BCUT2D eigenvalue weighted by Gasteiger charge is 2.19. The van der Waals surface area contributed by atoms with E-state index in [2.05, 4.69) is 23.1 Å². The summed E-state index contributed by atoms with van der Waals surface area (Å²) in [6, 6.07) is 15.7. The first-order chi connectivity index (χ1) is 14.7. The SMILES string of the molecule is CCCCc1oc2ccccc2c1CN(C)C(=O)c1ccc(Cn2cncn2)cc1. The number of hydrogen-bond donors (Lipinski definition) is 0. The average molecular weight is 402 g/mol. The maximum Gasteiger partial charge on any atom is 0.253 e. The van der Waals surface area contributed by atoms with E-state index in [1.807, 2.05) is 49.5 Å². The Balaban J connectivity index is 1.50. The summed E-state index contributed by atoms with van der Waals surface area (Å²) in [5.41, 5.74) is 3.74. The normalized spacial score (nSPS) is 11.1. The number of furan rings is 1. The standard InChI is InChI=1S/C24H26N4O2/c1-3-4-8-23-21(20-7-5-6-9-22(20)30-23)15-27(2)24(29)19-12-10-18(11-13-19)14-28-17-25-16-26-28/h5-7,9-13,16-17H,3-4,8,14-15H2,1-2H3. The van der Waals surface area contributed by atoms with E-state index in [4.69, 9.17) is 4.42 Å². The number of unbranched alkanes of at least 4 members (excludes halogenated alkanes) is 1. The highest BCUT2D eigenvalue weighted by Crippen LogP contribution is 2.28. The summed E-state index contributed by atoms with van der Waals surface area (Å²) in [6.45, 7) is 3.33. The van der Waals surface area contributed by atoms with E-state index in [1.165, 1.54) is 6.33 Å². The van der Waals surface area contributed by atoms with Gasteiger partial charge in [-0.3, -0.25) is 4.79 Å². The number of hydrogen-bond acceptors (Lipinski definition) is 4. The second kappa shape index (κ2) is 8.95. The van der Waals surface area contributed by atoms with Gasteiger partial charge < -0.3 is 9.32 Å². The fourth-order valence-corrected chi connectivity index (χ4v) is 3.65. The summed E-state index contributed by atoms with van der Waals surface area (Å²) >= 11 is 0. The van der Waals surface area contributed by atoms with Gasteiger partial charge >= 0.3 is 0 Å². The molecule has 0 spiro atoms. The zero-order chi connectivity index (χ0) is 20.9. The maximum atomic E-state index is 13.0. The Morgan fingerprint density at radius 2 is 1.93 bits per heavy atom. The summed E-state index contributed by atoms with van der Waals surface area (Å²) in [5, 5.41) is 5.20. The molecule has 2 aromatic heterocycles. The summed E-state index contributed by atoms with van der Waals surface area (Å²) < 4.78 is 7.86. The number of benzene rings is 2. The highest BCUT2D eigenvalue weighted by atomic mass is 16.3. The van der Waals surface area contributed by atoms with E-state index < -0.39 is 0 Å². The van der Waals surface area contributed by atoms with Crippen molar-refractivity contribution in [2.24, 2.45) is 0 Å². The first kappa shape index (κ1) is 19.9. The summed E-state index contributed by atoms with van der Waals surface area (Å²) in [7, 11) is 1.84. The van der Waals surface area contributed by atoms with Crippen LogP contribution in [-0.4, -0.2) is 32.6 Å². The fraction of sp³-hybridized carbons (Fsp3) is 0.292. The Kier molecular flexibility index (Phi) is 5.93. The van der Waals surface area contributed by atoms with Gasteiger partial charge in [-0.1, -0.05) is 43.7 Å². The molecule has 0 bridgehead atoms. The van der Waals surface area contributed by atoms with Gasteiger partial charge in [0.05, 0.1) is 6.54 Å². The Labute approximate surface area is 176 Å². The molecule has 6 heteroatoms. The number of aromatic nitrogens is 3. The molecule has 30 heavy (non-hydrogen) atoms. The molecule has 6 nitrogen and oxygen atoms in total. The van der Waals surface area contributed by atoms with Crippen LogP contribution in [0.3, 0.4) is 0 Å². The first-order valence-electron chi connectivity index (χ1n) is 10.3. The number of para-hydroxylation sites is 1. The van der Waals surface area contributed by atoms with Crippen molar-refractivity contribution in [3.8, 4) is 0 Å². The van der Waals surface area contributed by atoms with Crippen LogP contribution in [0, 0.1) is 0 Å². The predicted molar refractivity (Wildman–Crippen MR) is 116 cm³/mol. The van der Waals surface area contributed by atoms with Crippen LogP contribution in [0.4, 0.5) is 0 Å². The molecule has 0 aliphatic carbocycles. The van der Waals surface area contributed by atoms with Crippen LogP contribution in [0.5, 0.6) is 0 Å². The molecule has 0 unspecified atom stereocenters. The summed E-state index contributed by atoms with van der Waals surface area (Å²) in [4.78, 5) is 18.7. The van der Waals surface area contributed by atoms with Crippen LogP contribution >= 0.6 is 0 Å². The average Bonchev–Trinajstić information content (AvgIpc) is 3.40. The van der Waals surface area contributed by atoms with Crippen molar-refractivity contribution in [1.29, 1.82) is 0 Å². The smallest absolute Gasteiger partial charge is 0.253 e. The number of carbonyl (C=O) groups is 1. The topological polar surface area (TPSA) is 64.2 Å². The second-order valence-corrected chi connectivity index (χ2v) is 7.55. The van der Waals surface area contributed by atoms with Gasteiger partial charge in [-0.15, -0.1) is 0 Å². The molecule has 2 aromatic carbocycles. The lowest BCUT2D eigenvalue weighted by Gasteiger charge is -2.18. The van der Waals surface area contributed by atoms with Gasteiger partial charge in [-0.25, -0.2) is 9.67 Å². The summed E-state index contributed by atoms with van der Waals surface area (Å²) in [6.07, 6.45) is 6.25. The van der Waals surface area contributed by atoms with Crippen molar-refractivity contribution in [1.82, 2.24) is 19.7 Å². The molecule has 2 heterocycles. The highest BCUT2D eigenvalue weighted by molar-refractivity contribution is 5.94. The Morgan fingerprint density at radius 1 is 1.13 bits per heavy atom. The zero-order valence-electron chi connectivity index (χ0n) is 17.4. The van der Waals surface area contributed by atoms with Crippen molar-refractivity contribution >= 4 is 16.9 Å². The third-order valence-corrected chi connectivity index (χ3v) is 5.29.